The summed E-state index contributed by atoms with van der Waals surface area (Å²) < 4.78 is 2.17. The first-order chi connectivity index (χ1) is 11.4. The molecule has 0 radical (unpaired) electrons. The maximum absolute atomic E-state index is 12.3. The molecule has 0 bridgehead atoms. The van der Waals surface area contributed by atoms with Gasteiger partial charge in [-0.15, -0.1) is 0 Å². The fourth-order valence-electron chi connectivity index (χ4n) is 2.75. The first-order valence-corrected chi connectivity index (χ1v) is 8.34. The predicted molar refractivity (Wildman–Crippen MR) is 98.5 cm³/mol. The maximum atomic E-state index is 12.3. The smallest absolute Gasteiger partial charge is 0.328 e. The van der Waals surface area contributed by atoms with Crippen LogP contribution in [0.15, 0.2) is 30.5 Å². The SMILES string of the molecule is CC(C)(NC(=O)[C@H](N)Cc1cn(C(C)(C)C)c2ccccc12)C(=O)O. The minimum absolute atomic E-state index is 0.102. The third-order valence-corrected chi connectivity index (χ3v) is 4.26. The fraction of sp³-hybridized carbons (Fsp3) is 0.474. The highest BCUT2D eigenvalue weighted by Gasteiger charge is 2.31. The summed E-state index contributed by atoms with van der Waals surface area (Å²) >= 11 is 0. The number of nitrogens with zero attached hydrogens (tertiary/aromatic N) is 1. The number of carboxylic acid groups (broad SMARTS) is 1. The predicted octanol–water partition coefficient (Wildman–Crippen LogP) is 2.25. The van der Waals surface area contributed by atoms with Gasteiger partial charge >= 0.3 is 5.97 Å². The third kappa shape index (κ3) is 4.02. The van der Waals surface area contributed by atoms with Gasteiger partial charge in [0.15, 0.2) is 0 Å². The monoisotopic (exact) mass is 345 g/mol. The molecule has 136 valence electrons. The molecule has 1 atom stereocenters. The van der Waals surface area contributed by atoms with Crippen molar-refractivity contribution in [2.75, 3.05) is 0 Å². The number of rotatable bonds is 5. The van der Waals surface area contributed by atoms with E-state index >= 15 is 0 Å². The number of carbonyl (C=O) groups excluding carboxylic acids is 1. The van der Waals surface area contributed by atoms with E-state index in [0.29, 0.717) is 6.42 Å². The van der Waals surface area contributed by atoms with Crippen molar-refractivity contribution in [3.63, 3.8) is 0 Å². The second-order valence-electron chi connectivity index (χ2n) is 7.94. The lowest BCUT2D eigenvalue weighted by Crippen LogP contribution is -2.55. The summed E-state index contributed by atoms with van der Waals surface area (Å²) in [6.07, 6.45) is 2.37. The Hall–Kier alpha value is -2.34. The second-order valence-corrected chi connectivity index (χ2v) is 7.94. The molecule has 0 aliphatic rings. The number of benzene rings is 1. The van der Waals surface area contributed by atoms with Gasteiger partial charge in [0.1, 0.15) is 5.54 Å². The zero-order chi connectivity index (χ0) is 19.0. The van der Waals surface area contributed by atoms with Gasteiger partial charge in [0.25, 0.3) is 0 Å². The molecule has 0 aliphatic carbocycles. The van der Waals surface area contributed by atoms with Crippen LogP contribution in [0.5, 0.6) is 0 Å². The average molecular weight is 345 g/mol. The van der Waals surface area contributed by atoms with Crippen LogP contribution in [0.4, 0.5) is 0 Å². The van der Waals surface area contributed by atoms with Crippen LogP contribution in [-0.4, -0.2) is 33.1 Å². The number of nitrogens with one attached hydrogen (secondary N) is 1. The number of carboxylic acids is 1. The molecule has 25 heavy (non-hydrogen) atoms. The van der Waals surface area contributed by atoms with E-state index in [0.717, 1.165) is 16.5 Å². The summed E-state index contributed by atoms with van der Waals surface area (Å²) in [7, 11) is 0. The van der Waals surface area contributed by atoms with Gasteiger partial charge < -0.3 is 20.7 Å². The molecular weight excluding hydrogens is 318 g/mol. The summed E-state index contributed by atoms with van der Waals surface area (Å²) in [5, 5.41) is 12.7. The Morgan fingerprint density at radius 3 is 2.36 bits per heavy atom. The summed E-state index contributed by atoms with van der Waals surface area (Å²) in [4.78, 5) is 23.5. The number of amides is 1. The molecule has 1 amide bonds. The molecule has 0 saturated carbocycles. The molecule has 0 unspecified atom stereocenters. The average Bonchev–Trinajstić information content (AvgIpc) is 2.85. The summed E-state index contributed by atoms with van der Waals surface area (Å²) in [5.74, 6) is -1.57. The van der Waals surface area contributed by atoms with E-state index in [9.17, 15) is 9.59 Å². The number of carbonyl (C=O) groups is 2. The summed E-state index contributed by atoms with van der Waals surface area (Å²) in [6, 6.07) is 7.17. The lowest BCUT2D eigenvalue weighted by Gasteiger charge is -2.23. The zero-order valence-electron chi connectivity index (χ0n) is 15.5. The minimum atomic E-state index is -1.35. The van der Waals surface area contributed by atoms with Crippen molar-refractivity contribution in [2.24, 2.45) is 5.73 Å². The van der Waals surface area contributed by atoms with Crippen LogP contribution in [0.1, 0.15) is 40.2 Å². The molecule has 6 nitrogen and oxygen atoms in total. The Kier molecular flexibility index (Phi) is 4.95. The number of aromatic nitrogens is 1. The Morgan fingerprint density at radius 2 is 1.80 bits per heavy atom. The highest BCUT2D eigenvalue weighted by atomic mass is 16.4. The van der Waals surface area contributed by atoms with E-state index in [2.05, 4.69) is 30.7 Å². The van der Waals surface area contributed by atoms with Crippen molar-refractivity contribution >= 4 is 22.8 Å². The van der Waals surface area contributed by atoms with E-state index < -0.39 is 23.5 Å². The third-order valence-electron chi connectivity index (χ3n) is 4.26. The fourth-order valence-corrected chi connectivity index (χ4v) is 2.75. The largest absolute Gasteiger partial charge is 0.480 e. The van der Waals surface area contributed by atoms with Crippen LogP contribution in [0.25, 0.3) is 10.9 Å². The van der Waals surface area contributed by atoms with Crippen LogP contribution in [0.2, 0.25) is 0 Å². The quantitative estimate of drug-likeness (QED) is 0.774. The molecule has 6 heteroatoms. The lowest BCUT2D eigenvalue weighted by molar-refractivity contribution is -0.146. The normalized spacial score (nSPS) is 13.7. The van der Waals surface area contributed by atoms with Crippen molar-refractivity contribution in [2.45, 2.75) is 58.2 Å². The molecule has 2 rings (SSSR count). The zero-order valence-corrected chi connectivity index (χ0v) is 15.5. The van der Waals surface area contributed by atoms with Crippen molar-refractivity contribution in [3.8, 4) is 0 Å². The number of para-hydroxylation sites is 1. The van der Waals surface area contributed by atoms with Gasteiger partial charge in [-0.25, -0.2) is 4.79 Å². The van der Waals surface area contributed by atoms with E-state index in [1.54, 1.807) is 0 Å². The second kappa shape index (κ2) is 6.52. The van der Waals surface area contributed by atoms with Gasteiger partial charge in [0, 0.05) is 22.6 Å². The van der Waals surface area contributed by atoms with Gasteiger partial charge in [0.2, 0.25) is 5.91 Å². The van der Waals surface area contributed by atoms with E-state index in [4.69, 9.17) is 10.8 Å². The molecule has 0 aliphatic heterocycles. The van der Waals surface area contributed by atoms with Gasteiger partial charge in [-0.2, -0.15) is 0 Å². The number of hydrogen-bond acceptors (Lipinski definition) is 3. The molecule has 2 aromatic rings. The lowest BCUT2D eigenvalue weighted by atomic mass is 10.0. The number of aliphatic carboxylic acids is 1. The van der Waals surface area contributed by atoms with Crippen LogP contribution >= 0.6 is 0 Å². The van der Waals surface area contributed by atoms with E-state index in [-0.39, 0.29) is 5.54 Å². The molecule has 0 spiro atoms. The number of nitrogens with two attached hydrogens (primary N) is 1. The van der Waals surface area contributed by atoms with Gasteiger partial charge in [-0.3, -0.25) is 4.79 Å². The number of fused-ring (bicyclic) bond motifs is 1. The molecule has 1 aromatic carbocycles. The van der Waals surface area contributed by atoms with Gasteiger partial charge in [0.05, 0.1) is 6.04 Å². The van der Waals surface area contributed by atoms with E-state index in [1.807, 2.05) is 30.5 Å². The Morgan fingerprint density at radius 1 is 1.20 bits per heavy atom. The molecule has 1 aromatic heterocycles. The summed E-state index contributed by atoms with van der Waals surface area (Å²) in [6.45, 7) is 9.22. The van der Waals surface area contributed by atoms with E-state index in [1.165, 1.54) is 13.8 Å². The van der Waals surface area contributed by atoms with Gasteiger partial charge in [-0.1, -0.05) is 18.2 Å². The first kappa shape index (κ1) is 19.0. The molecule has 0 saturated heterocycles. The minimum Gasteiger partial charge on any atom is -0.480 e. The highest BCUT2D eigenvalue weighted by Crippen LogP contribution is 2.28. The first-order valence-electron chi connectivity index (χ1n) is 8.34. The summed E-state index contributed by atoms with van der Waals surface area (Å²) in [5.41, 5.74) is 6.66. The van der Waals surface area contributed by atoms with Crippen LogP contribution in [0, 0.1) is 0 Å². The Bertz CT molecular complexity index is 800. The van der Waals surface area contributed by atoms with Crippen molar-refractivity contribution in [3.05, 3.63) is 36.0 Å². The van der Waals surface area contributed by atoms with Crippen molar-refractivity contribution in [1.29, 1.82) is 0 Å². The maximum Gasteiger partial charge on any atom is 0.328 e. The standard InChI is InChI=1S/C19H27N3O3/c1-18(2,3)22-11-12(13-8-6-7-9-15(13)22)10-14(20)16(23)21-19(4,5)17(24)25/h6-9,11,14H,10,20H2,1-5H3,(H,21,23)(H,24,25)/t14-/m1/s1. The Labute approximate surface area is 148 Å². The molecule has 1 heterocycles. The van der Waals surface area contributed by atoms with Crippen LogP contribution in [0.3, 0.4) is 0 Å². The van der Waals surface area contributed by atoms with Gasteiger partial charge in [-0.05, 0) is 52.7 Å². The van der Waals surface area contributed by atoms with Crippen molar-refractivity contribution < 1.29 is 14.7 Å². The highest BCUT2D eigenvalue weighted by molar-refractivity contribution is 5.90. The molecular formula is C19H27N3O3. The topological polar surface area (TPSA) is 97.4 Å². The molecule has 0 fully saturated rings. The Balaban J connectivity index is 2.29. The van der Waals surface area contributed by atoms with Crippen LogP contribution < -0.4 is 11.1 Å². The van der Waals surface area contributed by atoms with Crippen LogP contribution in [-0.2, 0) is 21.5 Å². The number of hydrogen-bond donors (Lipinski definition) is 3. The molecule has 4 N–H and O–H groups in total. The van der Waals surface area contributed by atoms with Crippen molar-refractivity contribution in [1.82, 2.24) is 9.88 Å².